The van der Waals surface area contributed by atoms with Gasteiger partial charge in [0.1, 0.15) is 12.4 Å². The molecule has 0 saturated carbocycles. The summed E-state index contributed by atoms with van der Waals surface area (Å²) in [6, 6.07) is 10.5. The monoisotopic (exact) mass is 319 g/mol. The zero-order valence-corrected chi connectivity index (χ0v) is 13.0. The summed E-state index contributed by atoms with van der Waals surface area (Å²) >= 11 is 5.79. The highest BCUT2D eigenvalue weighted by Crippen LogP contribution is 2.15. The van der Waals surface area contributed by atoms with Crippen LogP contribution in [0.3, 0.4) is 0 Å². The van der Waals surface area contributed by atoms with Gasteiger partial charge < -0.3 is 15.4 Å². The van der Waals surface area contributed by atoms with E-state index in [1.807, 2.05) is 19.1 Å². The second-order valence-electron chi connectivity index (χ2n) is 4.71. The van der Waals surface area contributed by atoms with Gasteiger partial charge in [-0.05, 0) is 42.8 Å². The minimum atomic E-state index is -0.240. The fraction of sp³-hybridized carbons (Fsp3) is 0.250. The van der Waals surface area contributed by atoms with Gasteiger partial charge in [0, 0.05) is 17.4 Å². The molecule has 2 rings (SSSR count). The summed E-state index contributed by atoms with van der Waals surface area (Å²) in [5.74, 6) is 0.718. The van der Waals surface area contributed by atoms with E-state index in [1.165, 1.54) is 0 Å². The number of urea groups is 1. The summed E-state index contributed by atoms with van der Waals surface area (Å²) in [4.78, 5) is 15.8. The van der Waals surface area contributed by atoms with Gasteiger partial charge >= 0.3 is 6.03 Å². The van der Waals surface area contributed by atoms with E-state index in [0.717, 1.165) is 11.3 Å². The Labute approximate surface area is 134 Å². The molecule has 2 amide bonds. The second kappa shape index (κ2) is 8.24. The van der Waals surface area contributed by atoms with Gasteiger partial charge in [-0.25, -0.2) is 4.79 Å². The van der Waals surface area contributed by atoms with E-state index < -0.39 is 0 Å². The molecule has 0 aliphatic carbocycles. The molecule has 0 saturated heterocycles. The fourth-order valence-electron chi connectivity index (χ4n) is 1.83. The lowest BCUT2D eigenvalue weighted by atomic mass is 10.1. The Hall–Kier alpha value is -2.27. The summed E-state index contributed by atoms with van der Waals surface area (Å²) in [5.41, 5.74) is 0.954. The number of aromatic nitrogens is 1. The highest BCUT2D eigenvalue weighted by Gasteiger charge is 2.08. The zero-order chi connectivity index (χ0) is 15.8. The number of pyridine rings is 1. The SMILES string of the molecule is CC(NC(=O)NCCOc1ccc(Cl)cc1)c1cccnc1. The van der Waals surface area contributed by atoms with Crippen molar-refractivity contribution < 1.29 is 9.53 Å². The standard InChI is InChI=1S/C16H18ClN3O2/c1-12(13-3-2-8-18-11-13)20-16(21)19-9-10-22-15-6-4-14(17)5-7-15/h2-8,11-12H,9-10H2,1H3,(H2,19,20,21). The lowest BCUT2D eigenvalue weighted by Gasteiger charge is -2.14. The van der Waals surface area contributed by atoms with Crippen LogP contribution in [0, 0.1) is 0 Å². The number of amides is 2. The number of carbonyl (C=O) groups is 1. The third-order valence-corrected chi connectivity index (χ3v) is 3.25. The van der Waals surface area contributed by atoms with Crippen molar-refractivity contribution in [2.24, 2.45) is 0 Å². The summed E-state index contributed by atoms with van der Waals surface area (Å²) < 4.78 is 5.49. The van der Waals surface area contributed by atoms with E-state index in [-0.39, 0.29) is 12.1 Å². The molecule has 0 fully saturated rings. The van der Waals surface area contributed by atoms with Crippen LogP contribution >= 0.6 is 11.6 Å². The number of rotatable bonds is 6. The second-order valence-corrected chi connectivity index (χ2v) is 5.15. The van der Waals surface area contributed by atoms with E-state index in [9.17, 15) is 4.79 Å². The summed E-state index contributed by atoms with van der Waals surface area (Å²) in [6.07, 6.45) is 3.43. The van der Waals surface area contributed by atoms with Gasteiger partial charge in [0.15, 0.2) is 0 Å². The van der Waals surface area contributed by atoms with Crippen molar-refractivity contribution in [1.82, 2.24) is 15.6 Å². The Kier molecular flexibility index (Phi) is 6.03. The largest absolute Gasteiger partial charge is 0.492 e. The number of carbonyl (C=O) groups excluding carboxylic acids is 1. The number of hydrogen-bond acceptors (Lipinski definition) is 3. The number of ether oxygens (including phenoxy) is 1. The number of nitrogens with zero attached hydrogens (tertiary/aromatic N) is 1. The number of halogens is 1. The van der Waals surface area contributed by atoms with Crippen LogP contribution in [0.5, 0.6) is 5.75 Å². The van der Waals surface area contributed by atoms with Gasteiger partial charge in [0.05, 0.1) is 12.6 Å². The van der Waals surface area contributed by atoms with Crippen molar-refractivity contribution >= 4 is 17.6 Å². The van der Waals surface area contributed by atoms with Crippen LogP contribution in [0.15, 0.2) is 48.8 Å². The molecule has 1 aromatic carbocycles. The van der Waals surface area contributed by atoms with Crippen molar-refractivity contribution in [3.63, 3.8) is 0 Å². The lowest BCUT2D eigenvalue weighted by molar-refractivity contribution is 0.233. The minimum Gasteiger partial charge on any atom is -0.492 e. The molecule has 116 valence electrons. The van der Waals surface area contributed by atoms with Crippen LogP contribution in [0.1, 0.15) is 18.5 Å². The molecule has 5 nitrogen and oxygen atoms in total. The van der Waals surface area contributed by atoms with Crippen molar-refractivity contribution in [2.45, 2.75) is 13.0 Å². The van der Waals surface area contributed by atoms with Gasteiger partial charge in [-0.1, -0.05) is 17.7 Å². The lowest BCUT2D eigenvalue weighted by Crippen LogP contribution is -2.39. The molecule has 0 spiro atoms. The van der Waals surface area contributed by atoms with Crippen molar-refractivity contribution in [3.8, 4) is 5.75 Å². The van der Waals surface area contributed by atoms with Gasteiger partial charge in [-0.3, -0.25) is 4.98 Å². The van der Waals surface area contributed by atoms with Gasteiger partial charge in [-0.2, -0.15) is 0 Å². The van der Waals surface area contributed by atoms with Crippen LogP contribution in [-0.2, 0) is 0 Å². The van der Waals surface area contributed by atoms with Crippen LogP contribution in [0.4, 0.5) is 4.79 Å². The molecule has 2 aromatic rings. The Balaban J connectivity index is 1.66. The molecule has 0 bridgehead atoms. The Morgan fingerprint density at radius 2 is 2.09 bits per heavy atom. The van der Waals surface area contributed by atoms with Crippen molar-refractivity contribution in [3.05, 3.63) is 59.4 Å². The molecular formula is C16H18ClN3O2. The molecule has 1 heterocycles. The maximum atomic E-state index is 11.8. The predicted molar refractivity (Wildman–Crippen MR) is 86.1 cm³/mol. The molecular weight excluding hydrogens is 302 g/mol. The van der Waals surface area contributed by atoms with Crippen molar-refractivity contribution in [1.29, 1.82) is 0 Å². The molecule has 22 heavy (non-hydrogen) atoms. The first-order valence-corrected chi connectivity index (χ1v) is 7.35. The Morgan fingerprint density at radius 3 is 2.77 bits per heavy atom. The quantitative estimate of drug-likeness (QED) is 0.804. The van der Waals surface area contributed by atoms with E-state index in [0.29, 0.717) is 18.2 Å². The predicted octanol–water partition coefficient (Wildman–Crippen LogP) is 3.17. The maximum absolute atomic E-state index is 11.8. The molecule has 0 aliphatic heterocycles. The normalized spacial score (nSPS) is 11.5. The van der Waals surface area contributed by atoms with E-state index in [1.54, 1.807) is 36.7 Å². The molecule has 0 aliphatic rings. The molecule has 1 atom stereocenters. The highest BCUT2D eigenvalue weighted by molar-refractivity contribution is 6.30. The zero-order valence-electron chi connectivity index (χ0n) is 12.3. The first-order valence-electron chi connectivity index (χ1n) is 6.98. The molecule has 2 N–H and O–H groups in total. The van der Waals surface area contributed by atoms with Gasteiger partial charge in [-0.15, -0.1) is 0 Å². The third-order valence-electron chi connectivity index (χ3n) is 3.00. The van der Waals surface area contributed by atoms with Crippen LogP contribution in [0.25, 0.3) is 0 Å². The van der Waals surface area contributed by atoms with Gasteiger partial charge in [0.25, 0.3) is 0 Å². The average molecular weight is 320 g/mol. The molecule has 1 unspecified atom stereocenters. The smallest absolute Gasteiger partial charge is 0.315 e. The van der Waals surface area contributed by atoms with Crippen LogP contribution in [-0.4, -0.2) is 24.2 Å². The molecule has 0 radical (unpaired) electrons. The first kappa shape index (κ1) is 16.1. The van der Waals surface area contributed by atoms with E-state index in [4.69, 9.17) is 16.3 Å². The summed E-state index contributed by atoms with van der Waals surface area (Å²) in [5, 5.41) is 6.24. The molecule has 6 heteroatoms. The highest BCUT2D eigenvalue weighted by atomic mass is 35.5. The Morgan fingerprint density at radius 1 is 1.32 bits per heavy atom. The topological polar surface area (TPSA) is 63.2 Å². The summed E-state index contributed by atoms with van der Waals surface area (Å²) in [6.45, 7) is 2.70. The van der Waals surface area contributed by atoms with Gasteiger partial charge in [0.2, 0.25) is 0 Å². The maximum Gasteiger partial charge on any atom is 0.315 e. The number of nitrogens with one attached hydrogen (secondary N) is 2. The van der Waals surface area contributed by atoms with Crippen molar-refractivity contribution in [2.75, 3.05) is 13.2 Å². The fourth-order valence-corrected chi connectivity index (χ4v) is 1.95. The van der Waals surface area contributed by atoms with Crippen LogP contribution < -0.4 is 15.4 Å². The molecule has 1 aromatic heterocycles. The van der Waals surface area contributed by atoms with E-state index in [2.05, 4.69) is 15.6 Å². The third kappa shape index (κ3) is 5.26. The number of hydrogen-bond donors (Lipinski definition) is 2. The number of benzene rings is 1. The minimum absolute atomic E-state index is 0.106. The van der Waals surface area contributed by atoms with E-state index >= 15 is 0 Å². The average Bonchev–Trinajstić information content (AvgIpc) is 2.54. The van der Waals surface area contributed by atoms with Crippen LogP contribution in [0.2, 0.25) is 5.02 Å². The summed E-state index contributed by atoms with van der Waals surface area (Å²) in [7, 11) is 0. The Bertz CT molecular complexity index is 590. The first-order chi connectivity index (χ1) is 10.6.